The molecule has 0 saturated heterocycles. The first-order valence-corrected chi connectivity index (χ1v) is 6.60. The zero-order valence-electron chi connectivity index (χ0n) is 10.7. The smallest absolute Gasteiger partial charge is 0.193 e. The zero-order valence-corrected chi connectivity index (χ0v) is 12.3. The number of ketones is 1. The lowest BCUT2D eigenvalue weighted by Crippen LogP contribution is -2.00. The van der Waals surface area contributed by atoms with E-state index in [1.54, 1.807) is 6.08 Å². The van der Waals surface area contributed by atoms with Crippen LogP contribution in [-0.2, 0) is 0 Å². The highest BCUT2D eigenvalue weighted by Gasteiger charge is 2.15. The van der Waals surface area contributed by atoms with E-state index in [0.29, 0.717) is 0 Å². The summed E-state index contributed by atoms with van der Waals surface area (Å²) in [6, 6.07) is 7.51. The van der Waals surface area contributed by atoms with Crippen molar-refractivity contribution in [2.45, 2.75) is 0 Å². The summed E-state index contributed by atoms with van der Waals surface area (Å²) in [7, 11) is 1.42. The maximum atomic E-state index is 12.1. The third-order valence-electron chi connectivity index (χ3n) is 2.65. The summed E-state index contributed by atoms with van der Waals surface area (Å²) in [5, 5.41) is 9.72. The van der Waals surface area contributed by atoms with Crippen molar-refractivity contribution in [1.82, 2.24) is 4.98 Å². The summed E-state index contributed by atoms with van der Waals surface area (Å²) in [6.07, 6.45) is 5.67. The first kappa shape index (κ1) is 14.3. The largest absolute Gasteiger partial charge is 0.505 e. The molecular weight excluding hydrogens is 322 g/mol. The van der Waals surface area contributed by atoms with E-state index >= 15 is 0 Å². The highest BCUT2D eigenvalue weighted by Crippen LogP contribution is 2.26. The van der Waals surface area contributed by atoms with Crippen molar-refractivity contribution >= 4 is 27.8 Å². The molecule has 1 aromatic heterocycles. The van der Waals surface area contributed by atoms with Crippen molar-refractivity contribution in [1.29, 1.82) is 0 Å². The van der Waals surface area contributed by atoms with Crippen LogP contribution in [0.2, 0.25) is 0 Å². The molecule has 0 amide bonds. The molecule has 2 aromatic rings. The molecule has 1 N–H and O–H groups in total. The topological polar surface area (TPSA) is 59.4 Å². The lowest BCUT2D eigenvalue weighted by Gasteiger charge is -2.06. The summed E-state index contributed by atoms with van der Waals surface area (Å²) in [4.78, 5) is 15.9. The number of hydrogen-bond acceptors (Lipinski definition) is 4. The van der Waals surface area contributed by atoms with Gasteiger partial charge in [0, 0.05) is 4.47 Å². The summed E-state index contributed by atoms with van der Waals surface area (Å²) >= 11 is 3.34. The number of rotatable bonds is 4. The van der Waals surface area contributed by atoms with Crippen LogP contribution in [0.3, 0.4) is 0 Å². The molecule has 0 unspecified atom stereocenters. The fraction of sp³-hybridized carbons (Fsp3) is 0.0667. The molecule has 0 saturated carbocycles. The normalized spacial score (nSPS) is 10.7. The molecule has 0 aliphatic carbocycles. The van der Waals surface area contributed by atoms with E-state index in [-0.39, 0.29) is 22.8 Å². The molecule has 0 spiro atoms. The number of methoxy groups -OCH3 is 1. The third-order valence-corrected chi connectivity index (χ3v) is 3.18. The van der Waals surface area contributed by atoms with Crippen LogP contribution >= 0.6 is 15.9 Å². The summed E-state index contributed by atoms with van der Waals surface area (Å²) in [5.74, 6) is -0.296. The van der Waals surface area contributed by atoms with Gasteiger partial charge in [-0.3, -0.25) is 9.78 Å². The number of allylic oxidation sites excluding steroid dienone is 1. The van der Waals surface area contributed by atoms with Crippen LogP contribution < -0.4 is 4.74 Å². The minimum atomic E-state index is -0.343. The van der Waals surface area contributed by atoms with Gasteiger partial charge in [-0.15, -0.1) is 0 Å². The number of aromatic nitrogens is 1. The number of pyridine rings is 1. The van der Waals surface area contributed by atoms with Crippen LogP contribution in [0.1, 0.15) is 15.9 Å². The summed E-state index contributed by atoms with van der Waals surface area (Å²) in [5.41, 5.74) is 0.991. The van der Waals surface area contributed by atoms with Crippen molar-refractivity contribution in [3.8, 4) is 11.5 Å². The average molecular weight is 334 g/mol. The molecule has 0 aliphatic rings. The fourth-order valence-electron chi connectivity index (χ4n) is 1.66. The Morgan fingerprint density at radius 1 is 1.30 bits per heavy atom. The summed E-state index contributed by atoms with van der Waals surface area (Å²) < 4.78 is 6.00. The van der Waals surface area contributed by atoms with Gasteiger partial charge in [0.1, 0.15) is 11.3 Å². The second-order valence-electron chi connectivity index (χ2n) is 3.99. The quantitative estimate of drug-likeness (QED) is 0.687. The molecule has 0 bridgehead atoms. The molecule has 0 atom stereocenters. The Bertz CT molecular complexity index is 651. The van der Waals surface area contributed by atoms with E-state index in [2.05, 4.69) is 20.9 Å². The van der Waals surface area contributed by atoms with Crippen molar-refractivity contribution in [3.63, 3.8) is 0 Å². The van der Waals surface area contributed by atoms with Crippen LogP contribution in [-0.4, -0.2) is 23.0 Å². The van der Waals surface area contributed by atoms with Gasteiger partial charge in [-0.05, 0) is 23.8 Å². The Labute approximate surface area is 124 Å². The number of ether oxygens (including phenoxy) is 1. The van der Waals surface area contributed by atoms with Gasteiger partial charge in [0.25, 0.3) is 0 Å². The number of nitrogens with zero attached hydrogens (tertiary/aromatic N) is 1. The average Bonchev–Trinajstić information content (AvgIpc) is 2.46. The van der Waals surface area contributed by atoms with Crippen molar-refractivity contribution < 1.29 is 14.6 Å². The van der Waals surface area contributed by atoms with Crippen molar-refractivity contribution in [2.75, 3.05) is 7.11 Å². The molecule has 0 radical (unpaired) electrons. The molecule has 0 fully saturated rings. The Morgan fingerprint density at radius 3 is 2.65 bits per heavy atom. The third kappa shape index (κ3) is 3.24. The van der Waals surface area contributed by atoms with Gasteiger partial charge in [-0.1, -0.05) is 34.1 Å². The minimum absolute atomic E-state index is 0.107. The molecule has 0 aliphatic heterocycles. The Morgan fingerprint density at radius 2 is 2.00 bits per heavy atom. The van der Waals surface area contributed by atoms with Gasteiger partial charge in [-0.25, -0.2) is 0 Å². The van der Waals surface area contributed by atoms with Crippen LogP contribution in [0.5, 0.6) is 11.5 Å². The molecule has 20 heavy (non-hydrogen) atoms. The van der Waals surface area contributed by atoms with Gasteiger partial charge in [0.05, 0.1) is 19.5 Å². The molecule has 1 aromatic carbocycles. The van der Waals surface area contributed by atoms with Crippen molar-refractivity contribution in [3.05, 3.63) is 58.3 Å². The molecule has 102 valence electrons. The van der Waals surface area contributed by atoms with Gasteiger partial charge < -0.3 is 9.84 Å². The first-order valence-electron chi connectivity index (χ1n) is 5.80. The number of halogens is 1. The molecule has 5 heteroatoms. The predicted octanol–water partition coefficient (Wildman–Crippen LogP) is 3.45. The van der Waals surface area contributed by atoms with Gasteiger partial charge in [-0.2, -0.15) is 0 Å². The second kappa shape index (κ2) is 6.34. The number of carbonyl (C=O) groups excluding carboxylic acids is 1. The van der Waals surface area contributed by atoms with Gasteiger partial charge in [0.15, 0.2) is 11.5 Å². The Hall–Kier alpha value is -2.14. The fourth-order valence-corrected chi connectivity index (χ4v) is 1.93. The highest BCUT2D eigenvalue weighted by molar-refractivity contribution is 9.10. The SMILES string of the molecule is COc1cncc(O)c1C(=O)/C=C/c1ccc(Br)cc1. The number of benzene rings is 1. The monoisotopic (exact) mass is 333 g/mol. The predicted molar refractivity (Wildman–Crippen MR) is 80.0 cm³/mol. The van der Waals surface area contributed by atoms with E-state index in [0.717, 1.165) is 10.0 Å². The number of aromatic hydroxyl groups is 1. The molecular formula is C15H12BrNO3. The number of carbonyl (C=O) groups is 1. The van der Waals surface area contributed by atoms with E-state index < -0.39 is 0 Å². The lowest BCUT2D eigenvalue weighted by molar-refractivity contribution is 0.104. The molecule has 1 heterocycles. The van der Waals surface area contributed by atoms with Crippen LogP contribution in [0, 0.1) is 0 Å². The van der Waals surface area contributed by atoms with Crippen LogP contribution in [0.15, 0.2) is 47.2 Å². The maximum absolute atomic E-state index is 12.1. The van der Waals surface area contributed by atoms with E-state index in [1.807, 2.05) is 24.3 Å². The van der Waals surface area contributed by atoms with Gasteiger partial charge in [0.2, 0.25) is 0 Å². The van der Waals surface area contributed by atoms with E-state index in [9.17, 15) is 9.90 Å². The van der Waals surface area contributed by atoms with Crippen LogP contribution in [0.4, 0.5) is 0 Å². The zero-order chi connectivity index (χ0) is 14.5. The Kier molecular flexibility index (Phi) is 4.53. The standard InChI is InChI=1S/C15H12BrNO3/c1-20-14-9-17-8-13(19)15(14)12(18)7-4-10-2-5-11(16)6-3-10/h2-9,19H,1H3/b7-4+. The Balaban J connectivity index is 2.26. The maximum Gasteiger partial charge on any atom is 0.193 e. The van der Waals surface area contributed by atoms with Gasteiger partial charge >= 0.3 is 0 Å². The highest BCUT2D eigenvalue weighted by atomic mass is 79.9. The lowest BCUT2D eigenvalue weighted by atomic mass is 10.1. The van der Waals surface area contributed by atoms with Crippen molar-refractivity contribution in [2.24, 2.45) is 0 Å². The second-order valence-corrected chi connectivity index (χ2v) is 4.90. The van der Waals surface area contributed by atoms with Crippen LogP contribution in [0.25, 0.3) is 6.08 Å². The molecule has 4 nitrogen and oxygen atoms in total. The molecule has 2 rings (SSSR count). The first-order chi connectivity index (χ1) is 9.61. The minimum Gasteiger partial charge on any atom is -0.505 e. The summed E-state index contributed by atoms with van der Waals surface area (Å²) in [6.45, 7) is 0. The van der Waals surface area contributed by atoms with E-state index in [1.165, 1.54) is 25.6 Å². The van der Waals surface area contributed by atoms with E-state index in [4.69, 9.17) is 4.74 Å². The number of hydrogen-bond donors (Lipinski definition) is 1.